The molecule has 0 amide bonds. The minimum absolute atomic E-state index is 0. The predicted molar refractivity (Wildman–Crippen MR) is 111 cm³/mol. The molecule has 4 nitrogen and oxygen atoms in total. The summed E-state index contributed by atoms with van der Waals surface area (Å²) in [4.78, 5) is 6.89. The van der Waals surface area contributed by atoms with Crippen LogP contribution in [0.4, 0.5) is 5.69 Å². The molecule has 0 atom stereocenters. The van der Waals surface area contributed by atoms with E-state index in [0.29, 0.717) is 5.96 Å². The topological polar surface area (TPSA) is 53.6 Å². The largest absolute Gasteiger partial charge is 0.370 e. The number of aliphatic imine (C=N–C) groups is 1. The van der Waals surface area contributed by atoms with Crippen LogP contribution in [0.25, 0.3) is 0 Å². The van der Waals surface area contributed by atoms with E-state index in [4.69, 9.17) is 5.73 Å². The maximum absolute atomic E-state index is 5.98. The lowest BCUT2D eigenvalue weighted by atomic mass is 9.94. The van der Waals surface area contributed by atoms with Gasteiger partial charge in [0, 0.05) is 18.3 Å². The zero-order chi connectivity index (χ0) is 15.8. The fraction of sp³-hybridized carbons (Fsp3) is 0.611. The number of anilines is 1. The second kappa shape index (κ2) is 10.9. The molecule has 130 valence electrons. The van der Waals surface area contributed by atoms with Gasteiger partial charge in [-0.15, -0.1) is 24.0 Å². The number of hydrogen-bond acceptors (Lipinski definition) is 2. The number of likely N-dealkylation sites (N-methyl/N-ethyl adjacent to an activating group) is 1. The van der Waals surface area contributed by atoms with Gasteiger partial charge in [0.1, 0.15) is 0 Å². The van der Waals surface area contributed by atoms with Gasteiger partial charge in [0.2, 0.25) is 0 Å². The van der Waals surface area contributed by atoms with E-state index in [2.05, 4.69) is 41.3 Å². The van der Waals surface area contributed by atoms with E-state index in [9.17, 15) is 0 Å². The van der Waals surface area contributed by atoms with Gasteiger partial charge in [0.25, 0.3) is 0 Å². The van der Waals surface area contributed by atoms with Crippen molar-refractivity contribution in [2.24, 2.45) is 10.7 Å². The smallest absolute Gasteiger partial charge is 0.193 e. The van der Waals surface area contributed by atoms with Crippen molar-refractivity contribution in [3.05, 3.63) is 29.8 Å². The SMILES string of the molecule is CCc1cccc(NC(N)=NCCN(C)C2CCCCC2)c1.I. The number of halogens is 1. The lowest BCUT2D eigenvalue weighted by Crippen LogP contribution is -2.35. The van der Waals surface area contributed by atoms with Gasteiger partial charge in [-0.3, -0.25) is 4.99 Å². The molecule has 1 saturated carbocycles. The molecular formula is C18H31IN4. The Bertz CT molecular complexity index is 484. The van der Waals surface area contributed by atoms with Crippen molar-refractivity contribution >= 4 is 35.6 Å². The van der Waals surface area contributed by atoms with Gasteiger partial charge in [-0.25, -0.2) is 0 Å². The van der Waals surface area contributed by atoms with Gasteiger partial charge >= 0.3 is 0 Å². The lowest BCUT2D eigenvalue weighted by molar-refractivity contribution is 0.196. The zero-order valence-electron chi connectivity index (χ0n) is 14.4. The second-order valence-corrected chi connectivity index (χ2v) is 6.22. The summed E-state index contributed by atoms with van der Waals surface area (Å²) in [7, 11) is 2.21. The molecule has 5 heteroatoms. The highest BCUT2D eigenvalue weighted by Gasteiger charge is 2.17. The van der Waals surface area contributed by atoms with Crippen LogP contribution in [0, 0.1) is 0 Å². The van der Waals surface area contributed by atoms with Crippen LogP contribution in [0.2, 0.25) is 0 Å². The monoisotopic (exact) mass is 430 g/mol. The number of nitrogens with one attached hydrogen (secondary N) is 1. The third-order valence-corrected chi connectivity index (χ3v) is 4.54. The summed E-state index contributed by atoms with van der Waals surface area (Å²) in [6.45, 7) is 3.87. The normalized spacial score (nSPS) is 16.2. The summed E-state index contributed by atoms with van der Waals surface area (Å²) in [6.07, 6.45) is 7.83. The van der Waals surface area contributed by atoms with E-state index >= 15 is 0 Å². The van der Waals surface area contributed by atoms with E-state index < -0.39 is 0 Å². The summed E-state index contributed by atoms with van der Waals surface area (Å²) in [6, 6.07) is 9.05. The molecule has 1 aliphatic rings. The minimum atomic E-state index is 0. The molecule has 0 radical (unpaired) electrons. The molecule has 1 aromatic carbocycles. The van der Waals surface area contributed by atoms with Crippen molar-refractivity contribution < 1.29 is 0 Å². The third-order valence-electron chi connectivity index (χ3n) is 4.54. The zero-order valence-corrected chi connectivity index (χ0v) is 16.8. The first kappa shape index (κ1) is 20.2. The molecule has 1 aromatic rings. The first-order chi connectivity index (χ1) is 10.7. The summed E-state index contributed by atoms with van der Waals surface area (Å²) >= 11 is 0. The van der Waals surface area contributed by atoms with E-state index in [1.807, 2.05) is 12.1 Å². The van der Waals surface area contributed by atoms with E-state index in [1.165, 1.54) is 37.7 Å². The Morgan fingerprint density at radius 3 is 2.74 bits per heavy atom. The molecule has 2 rings (SSSR count). The molecule has 0 heterocycles. The van der Waals surface area contributed by atoms with Crippen LogP contribution in [0.15, 0.2) is 29.3 Å². The fourth-order valence-corrected chi connectivity index (χ4v) is 3.09. The van der Waals surface area contributed by atoms with Gasteiger partial charge in [-0.2, -0.15) is 0 Å². The van der Waals surface area contributed by atoms with E-state index in [1.54, 1.807) is 0 Å². The minimum Gasteiger partial charge on any atom is -0.370 e. The number of guanidine groups is 1. The maximum Gasteiger partial charge on any atom is 0.193 e. The first-order valence-electron chi connectivity index (χ1n) is 8.55. The summed E-state index contributed by atoms with van der Waals surface area (Å²) in [5.41, 5.74) is 8.30. The maximum atomic E-state index is 5.98. The summed E-state index contributed by atoms with van der Waals surface area (Å²) in [5, 5.41) is 3.18. The van der Waals surface area contributed by atoms with Crippen LogP contribution in [-0.2, 0) is 6.42 Å². The Morgan fingerprint density at radius 1 is 1.30 bits per heavy atom. The van der Waals surface area contributed by atoms with Gasteiger partial charge in [-0.05, 0) is 44.0 Å². The predicted octanol–water partition coefficient (Wildman–Crippen LogP) is 3.86. The van der Waals surface area contributed by atoms with Crippen molar-refractivity contribution in [3.8, 4) is 0 Å². The average molecular weight is 430 g/mol. The van der Waals surface area contributed by atoms with Crippen LogP contribution < -0.4 is 11.1 Å². The molecule has 0 bridgehead atoms. The van der Waals surface area contributed by atoms with Gasteiger partial charge in [0.15, 0.2) is 5.96 Å². The Kier molecular flexibility index (Phi) is 9.55. The molecular weight excluding hydrogens is 399 g/mol. The fourth-order valence-electron chi connectivity index (χ4n) is 3.09. The summed E-state index contributed by atoms with van der Waals surface area (Å²) in [5.74, 6) is 0.505. The van der Waals surface area contributed by atoms with Gasteiger partial charge < -0.3 is 16.0 Å². The Balaban J connectivity index is 0.00000264. The number of nitrogens with zero attached hydrogens (tertiary/aromatic N) is 2. The quantitative estimate of drug-likeness (QED) is 0.410. The Hall–Kier alpha value is -0.820. The Morgan fingerprint density at radius 2 is 2.04 bits per heavy atom. The number of benzene rings is 1. The molecule has 0 saturated heterocycles. The highest BCUT2D eigenvalue weighted by atomic mass is 127. The molecule has 0 unspecified atom stereocenters. The standard InChI is InChI=1S/C18H30N4.HI/c1-3-15-8-7-9-16(14-15)21-18(19)20-12-13-22(2)17-10-5-4-6-11-17;/h7-9,14,17H,3-6,10-13H2,1-2H3,(H3,19,20,21);1H. The van der Waals surface area contributed by atoms with Crippen LogP contribution in [0.1, 0.15) is 44.6 Å². The molecule has 0 spiro atoms. The Labute approximate surface area is 157 Å². The van der Waals surface area contributed by atoms with Crippen LogP contribution >= 0.6 is 24.0 Å². The molecule has 3 N–H and O–H groups in total. The van der Waals surface area contributed by atoms with Crippen molar-refractivity contribution in [2.45, 2.75) is 51.5 Å². The first-order valence-corrected chi connectivity index (χ1v) is 8.55. The number of nitrogens with two attached hydrogens (primary N) is 1. The van der Waals surface area contributed by atoms with Crippen molar-refractivity contribution in [1.82, 2.24) is 4.90 Å². The highest BCUT2D eigenvalue weighted by molar-refractivity contribution is 14.0. The van der Waals surface area contributed by atoms with E-state index in [-0.39, 0.29) is 24.0 Å². The molecule has 1 fully saturated rings. The van der Waals surface area contributed by atoms with Crippen molar-refractivity contribution in [3.63, 3.8) is 0 Å². The summed E-state index contributed by atoms with van der Waals surface area (Å²) < 4.78 is 0. The molecule has 0 aromatic heterocycles. The number of rotatable bonds is 6. The highest BCUT2D eigenvalue weighted by Crippen LogP contribution is 2.21. The molecule has 23 heavy (non-hydrogen) atoms. The second-order valence-electron chi connectivity index (χ2n) is 6.22. The van der Waals surface area contributed by atoms with Crippen LogP contribution in [-0.4, -0.2) is 37.0 Å². The molecule has 0 aliphatic heterocycles. The van der Waals surface area contributed by atoms with Gasteiger partial charge in [-0.1, -0.05) is 38.3 Å². The van der Waals surface area contributed by atoms with Crippen LogP contribution in [0.3, 0.4) is 0 Å². The number of hydrogen-bond donors (Lipinski definition) is 2. The van der Waals surface area contributed by atoms with Crippen molar-refractivity contribution in [1.29, 1.82) is 0 Å². The number of aryl methyl sites for hydroxylation is 1. The molecule has 1 aliphatic carbocycles. The lowest BCUT2D eigenvalue weighted by Gasteiger charge is -2.30. The van der Waals surface area contributed by atoms with E-state index in [0.717, 1.165) is 31.2 Å². The third kappa shape index (κ3) is 7.08. The van der Waals surface area contributed by atoms with Crippen molar-refractivity contribution in [2.75, 3.05) is 25.5 Å². The van der Waals surface area contributed by atoms with Crippen LogP contribution in [0.5, 0.6) is 0 Å². The van der Waals surface area contributed by atoms with Gasteiger partial charge in [0.05, 0.1) is 6.54 Å². The average Bonchev–Trinajstić information content (AvgIpc) is 2.55.